The van der Waals surface area contributed by atoms with E-state index in [9.17, 15) is 4.79 Å². The standard InChI is InChI=1S/C15H21N3OS2/c1-7(2)16-13(19)10(5)21-15-12-8(3)9(4)20-14(12)17-11(6)18-15/h7,10H,1-6H3,(H,16,19)/t10-/m1/s1. The number of thiophene rings is 1. The van der Waals surface area contributed by atoms with Gasteiger partial charge in [0.25, 0.3) is 0 Å². The number of carbonyl (C=O) groups excluding carboxylic acids is 1. The Morgan fingerprint density at radius 3 is 2.48 bits per heavy atom. The molecule has 1 N–H and O–H groups in total. The van der Waals surface area contributed by atoms with E-state index in [-0.39, 0.29) is 17.2 Å². The predicted octanol–water partition coefficient (Wildman–Crippen LogP) is 3.62. The summed E-state index contributed by atoms with van der Waals surface area (Å²) >= 11 is 3.20. The van der Waals surface area contributed by atoms with E-state index in [1.54, 1.807) is 11.3 Å². The van der Waals surface area contributed by atoms with E-state index in [0.29, 0.717) is 0 Å². The molecule has 0 aliphatic heterocycles. The molecule has 21 heavy (non-hydrogen) atoms. The third kappa shape index (κ3) is 3.55. The summed E-state index contributed by atoms with van der Waals surface area (Å²) in [5, 5.41) is 4.77. The van der Waals surface area contributed by atoms with Gasteiger partial charge in [-0.1, -0.05) is 11.8 Å². The second-order valence-electron chi connectivity index (χ2n) is 5.46. The number of aryl methyl sites for hydroxylation is 3. The van der Waals surface area contributed by atoms with E-state index >= 15 is 0 Å². The lowest BCUT2D eigenvalue weighted by atomic mass is 10.2. The summed E-state index contributed by atoms with van der Waals surface area (Å²) in [7, 11) is 0. The van der Waals surface area contributed by atoms with Crippen molar-refractivity contribution < 1.29 is 4.79 Å². The molecule has 0 saturated carbocycles. The maximum Gasteiger partial charge on any atom is 0.233 e. The molecule has 0 aliphatic rings. The van der Waals surface area contributed by atoms with E-state index in [2.05, 4.69) is 29.1 Å². The maximum atomic E-state index is 12.1. The van der Waals surface area contributed by atoms with Crippen molar-refractivity contribution in [2.75, 3.05) is 0 Å². The quantitative estimate of drug-likeness (QED) is 0.689. The molecule has 0 unspecified atom stereocenters. The Hall–Kier alpha value is -1.14. The summed E-state index contributed by atoms with van der Waals surface area (Å²) in [5.74, 6) is 0.798. The second-order valence-corrected chi connectivity index (χ2v) is 8.00. The van der Waals surface area contributed by atoms with Gasteiger partial charge < -0.3 is 5.32 Å². The van der Waals surface area contributed by atoms with Crippen molar-refractivity contribution in [3.63, 3.8) is 0 Å². The minimum atomic E-state index is -0.176. The van der Waals surface area contributed by atoms with Gasteiger partial charge in [-0.05, 0) is 47.1 Å². The van der Waals surface area contributed by atoms with Crippen LogP contribution in [0.15, 0.2) is 5.03 Å². The SMILES string of the molecule is Cc1nc(S[C@H](C)C(=O)NC(C)C)c2c(C)c(C)sc2n1. The van der Waals surface area contributed by atoms with Crippen molar-refractivity contribution in [1.82, 2.24) is 15.3 Å². The zero-order valence-electron chi connectivity index (χ0n) is 13.3. The molecule has 4 nitrogen and oxygen atoms in total. The fourth-order valence-electron chi connectivity index (χ4n) is 2.02. The van der Waals surface area contributed by atoms with Gasteiger partial charge >= 0.3 is 0 Å². The smallest absolute Gasteiger partial charge is 0.233 e. The van der Waals surface area contributed by atoms with Crippen LogP contribution >= 0.6 is 23.1 Å². The van der Waals surface area contributed by atoms with Gasteiger partial charge in [-0.15, -0.1) is 11.3 Å². The zero-order chi connectivity index (χ0) is 15.7. The summed E-state index contributed by atoms with van der Waals surface area (Å²) in [5.41, 5.74) is 1.22. The molecule has 0 saturated heterocycles. The van der Waals surface area contributed by atoms with E-state index < -0.39 is 0 Å². The van der Waals surface area contributed by atoms with Crippen molar-refractivity contribution in [2.24, 2.45) is 0 Å². The van der Waals surface area contributed by atoms with Gasteiger partial charge in [-0.25, -0.2) is 9.97 Å². The van der Waals surface area contributed by atoms with Gasteiger partial charge in [0.2, 0.25) is 5.91 Å². The topological polar surface area (TPSA) is 54.9 Å². The molecule has 2 heterocycles. The van der Waals surface area contributed by atoms with Crippen molar-refractivity contribution in [3.05, 3.63) is 16.3 Å². The summed E-state index contributed by atoms with van der Waals surface area (Å²) < 4.78 is 0. The molecule has 0 spiro atoms. The third-order valence-electron chi connectivity index (χ3n) is 3.20. The first-order valence-corrected chi connectivity index (χ1v) is 8.70. The molecule has 2 aromatic rings. The number of aromatic nitrogens is 2. The summed E-state index contributed by atoms with van der Waals surface area (Å²) in [6, 6.07) is 0.151. The Kier molecular flexibility index (Phi) is 4.88. The molecule has 0 fully saturated rings. The van der Waals surface area contributed by atoms with Gasteiger partial charge in [0, 0.05) is 16.3 Å². The van der Waals surface area contributed by atoms with Gasteiger partial charge in [0.05, 0.1) is 5.25 Å². The average Bonchev–Trinajstić information content (AvgIpc) is 2.63. The maximum absolute atomic E-state index is 12.1. The summed E-state index contributed by atoms with van der Waals surface area (Å²) in [4.78, 5) is 23.4. The Morgan fingerprint density at radius 1 is 1.19 bits per heavy atom. The van der Waals surface area contributed by atoms with Crippen LogP contribution in [0.5, 0.6) is 0 Å². The van der Waals surface area contributed by atoms with Crippen LogP contribution in [0.2, 0.25) is 0 Å². The Bertz CT molecular complexity index is 679. The Balaban J connectivity index is 2.35. The number of carbonyl (C=O) groups is 1. The van der Waals surface area contributed by atoms with Gasteiger partial charge in [0.15, 0.2) is 0 Å². The number of thioether (sulfide) groups is 1. The average molecular weight is 323 g/mol. The number of amides is 1. The van der Waals surface area contributed by atoms with Gasteiger partial charge in [0.1, 0.15) is 15.7 Å². The molecular formula is C15H21N3OS2. The fraction of sp³-hybridized carbons (Fsp3) is 0.533. The van der Waals surface area contributed by atoms with Gasteiger partial charge in [-0.3, -0.25) is 4.79 Å². The highest BCUT2D eigenvalue weighted by atomic mass is 32.2. The molecule has 0 aromatic carbocycles. The summed E-state index contributed by atoms with van der Waals surface area (Å²) in [6.45, 7) is 11.9. The highest BCUT2D eigenvalue weighted by Gasteiger charge is 2.20. The van der Waals surface area contributed by atoms with Crippen molar-refractivity contribution >= 4 is 39.2 Å². The molecule has 0 aliphatic carbocycles. The Labute approximate surface area is 133 Å². The number of fused-ring (bicyclic) bond motifs is 1. The second kappa shape index (κ2) is 6.32. The number of nitrogens with zero attached hydrogens (tertiary/aromatic N) is 2. The highest BCUT2D eigenvalue weighted by Crippen LogP contribution is 2.36. The van der Waals surface area contributed by atoms with Crippen LogP contribution in [0.25, 0.3) is 10.2 Å². The fourth-order valence-corrected chi connectivity index (χ4v) is 4.22. The lowest BCUT2D eigenvalue weighted by molar-refractivity contribution is -0.120. The number of rotatable bonds is 4. The largest absolute Gasteiger partial charge is 0.353 e. The minimum Gasteiger partial charge on any atom is -0.353 e. The number of nitrogens with one attached hydrogen (secondary N) is 1. The van der Waals surface area contributed by atoms with Crippen LogP contribution in [0.1, 0.15) is 37.0 Å². The van der Waals surface area contributed by atoms with E-state index in [4.69, 9.17) is 0 Å². The molecule has 6 heteroatoms. The highest BCUT2D eigenvalue weighted by molar-refractivity contribution is 8.00. The van der Waals surface area contributed by atoms with E-state index in [0.717, 1.165) is 21.1 Å². The lowest BCUT2D eigenvalue weighted by Crippen LogP contribution is -2.35. The molecule has 2 aromatic heterocycles. The first-order valence-electron chi connectivity index (χ1n) is 7.01. The summed E-state index contributed by atoms with van der Waals surface area (Å²) in [6.07, 6.45) is 0. The Morgan fingerprint density at radius 2 is 1.86 bits per heavy atom. The molecule has 1 amide bonds. The lowest BCUT2D eigenvalue weighted by Gasteiger charge is -2.14. The molecule has 1 atom stereocenters. The molecular weight excluding hydrogens is 302 g/mol. The van der Waals surface area contributed by atoms with Crippen LogP contribution in [-0.4, -0.2) is 27.2 Å². The van der Waals surface area contributed by atoms with Crippen molar-refractivity contribution in [3.8, 4) is 0 Å². The molecule has 114 valence electrons. The third-order valence-corrected chi connectivity index (χ3v) is 5.38. The van der Waals surface area contributed by atoms with Crippen LogP contribution < -0.4 is 5.32 Å². The van der Waals surface area contributed by atoms with Gasteiger partial charge in [-0.2, -0.15) is 0 Å². The molecule has 0 bridgehead atoms. The predicted molar refractivity (Wildman–Crippen MR) is 90.2 cm³/mol. The monoisotopic (exact) mass is 323 g/mol. The van der Waals surface area contributed by atoms with Crippen LogP contribution in [-0.2, 0) is 4.79 Å². The minimum absolute atomic E-state index is 0.0454. The number of hydrogen-bond acceptors (Lipinski definition) is 5. The first-order chi connectivity index (χ1) is 9.79. The molecule has 0 radical (unpaired) electrons. The van der Waals surface area contributed by atoms with E-state index in [1.165, 1.54) is 22.2 Å². The van der Waals surface area contributed by atoms with Crippen molar-refractivity contribution in [1.29, 1.82) is 0 Å². The zero-order valence-corrected chi connectivity index (χ0v) is 14.9. The van der Waals surface area contributed by atoms with E-state index in [1.807, 2.05) is 27.7 Å². The van der Waals surface area contributed by atoms with Crippen LogP contribution in [0, 0.1) is 20.8 Å². The first kappa shape index (κ1) is 16.2. The van der Waals surface area contributed by atoms with Crippen LogP contribution in [0.4, 0.5) is 0 Å². The van der Waals surface area contributed by atoms with Crippen molar-refractivity contribution in [2.45, 2.75) is 57.9 Å². The number of hydrogen-bond donors (Lipinski definition) is 1. The van der Waals surface area contributed by atoms with Crippen LogP contribution in [0.3, 0.4) is 0 Å². The normalized spacial score (nSPS) is 12.9. The molecule has 2 rings (SSSR count).